The number of thiophene rings is 1. The van der Waals surface area contributed by atoms with Gasteiger partial charge in [0.1, 0.15) is 5.88 Å². The molecule has 0 unspecified atom stereocenters. The van der Waals surface area contributed by atoms with Gasteiger partial charge in [-0.15, -0.1) is 22.9 Å². The third kappa shape index (κ3) is 3.36. The fourth-order valence-electron chi connectivity index (χ4n) is 2.17. The molecule has 0 fully saturated rings. The topological polar surface area (TPSA) is 20.3 Å². The van der Waals surface area contributed by atoms with E-state index in [4.69, 9.17) is 11.6 Å². The minimum Gasteiger partial charge on any atom is -0.314 e. The zero-order valence-corrected chi connectivity index (χ0v) is 13.8. The Hall–Kier alpha value is -1.58. The fourth-order valence-corrected chi connectivity index (χ4v) is 3.51. The molecule has 0 aliphatic carbocycles. The minimum absolute atomic E-state index is 0.00520. The summed E-state index contributed by atoms with van der Waals surface area (Å²) in [6, 6.07) is 6.10. The average molecular weight is 320 g/mol. The van der Waals surface area contributed by atoms with Crippen molar-refractivity contribution >= 4 is 44.6 Å². The van der Waals surface area contributed by atoms with Gasteiger partial charge in [-0.25, -0.2) is 0 Å². The Balaban J connectivity index is 2.39. The van der Waals surface area contributed by atoms with Gasteiger partial charge in [0.25, 0.3) is 0 Å². The van der Waals surface area contributed by atoms with Gasteiger partial charge in [-0.2, -0.15) is 0 Å². The van der Waals surface area contributed by atoms with E-state index >= 15 is 0 Å². The second-order valence-electron chi connectivity index (χ2n) is 4.79. The summed E-state index contributed by atoms with van der Waals surface area (Å²) < 4.78 is 1.24. The molecule has 1 heterocycles. The van der Waals surface area contributed by atoms with E-state index in [0.29, 0.717) is 0 Å². The van der Waals surface area contributed by atoms with Gasteiger partial charge >= 0.3 is 0 Å². The number of hydrogen-bond donors (Lipinski definition) is 0. The number of anilines is 1. The summed E-state index contributed by atoms with van der Waals surface area (Å²) in [6.07, 6.45) is 6.76. The maximum absolute atomic E-state index is 11.7. The standard InChI is InChI=1S/C17H18ClNOS/c1-4-5-6-7-15-12(2)14-10-13(8-9-16(14)21-15)19(3)17(20)11-18/h4-6,8-10H,1,7,11H2,2-3H3. The molecule has 110 valence electrons. The molecule has 1 aromatic carbocycles. The van der Waals surface area contributed by atoms with Crippen LogP contribution in [-0.4, -0.2) is 18.8 Å². The van der Waals surface area contributed by atoms with E-state index in [1.165, 1.54) is 20.5 Å². The number of rotatable bonds is 5. The second-order valence-corrected chi connectivity index (χ2v) is 6.19. The van der Waals surface area contributed by atoms with Crippen molar-refractivity contribution in [2.75, 3.05) is 17.8 Å². The van der Waals surface area contributed by atoms with Crippen molar-refractivity contribution < 1.29 is 4.79 Å². The summed E-state index contributed by atoms with van der Waals surface area (Å²) in [5, 5.41) is 1.20. The quantitative estimate of drug-likeness (QED) is 0.578. The number of benzene rings is 1. The molecular formula is C17H18ClNOS. The minimum atomic E-state index is -0.0990. The number of carbonyl (C=O) groups is 1. The summed E-state index contributed by atoms with van der Waals surface area (Å²) in [5.41, 5.74) is 2.15. The Morgan fingerprint density at radius 1 is 1.48 bits per heavy atom. The molecule has 0 radical (unpaired) electrons. The van der Waals surface area contributed by atoms with E-state index in [1.807, 2.05) is 12.1 Å². The predicted molar refractivity (Wildman–Crippen MR) is 93.7 cm³/mol. The second kappa shape index (κ2) is 6.92. The molecule has 0 saturated heterocycles. The van der Waals surface area contributed by atoms with Gasteiger partial charge in [-0.3, -0.25) is 4.79 Å². The molecular weight excluding hydrogens is 302 g/mol. The zero-order chi connectivity index (χ0) is 15.4. The van der Waals surface area contributed by atoms with Gasteiger partial charge in [0.05, 0.1) is 0 Å². The lowest BCUT2D eigenvalue weighted by Crippen LogP contribution is -2.27. The number of alkyl halides is 1. The number of carbonyl (C=O) groups excluding carboxylic acids is 1. The largest absolute Gasteiger partial charge is 0.314 e. The van der Waals surface area contributed by atoms with Crippen molar-refractivity contribution in [3.63, 3.8) is 0 Å². The van der Waals surface area contributed by atoms with E-state index in [9.17, 15) is 4.79 Å². The number of fused-ring (bicyclic) bond motifs is 1. The maximum Gasteiger partial charge on any atom is 0.241 e. The summed E-state index contributed by atoms with van der Waals surface area (Å²) in [4.78, 5) is 14.6. The number of nitrogens with zero attached hydrogens (tertiary/aromatic N) is 1. The lowest BCUT2D eigenvalue weighted by Gasteiger charge is -2.16. The van der Waals surface area contributed by atoms with Crippen LogP contribution in [0.25, 0.3) is 10.1 Å². The van der Waals surface area contributed by atoms with Gasteiger partial charge in [-0.1, -0.05) is 24.8 Å². The summed E-state index contributed by atoms with van der Waals surface area (Å²) >= 11 is 7.41. The summed E-state index contributed by atoms with van der Waals surface area (Å²) in [7, 11) is 1.75. The molecule has 0 atom stereocenters. The molecule has 0 bridgehead atoms. The van der Waals surface area contributed by atoms with Crippen molar-refractivity contribution in [1.82, 2.24) is 0 Å². The molecule has 4 heteroatoms. The van der Waals surface area contributed by atoms with Crippen molar-refractivity contribution in [2.24, 2.45) is 0 Å². The van der Waals surface area contributed by atoms with Crippen molar-refractivity contribution in [1.29, 1.82) is 0 Å². The van der Waals surface area contributed by atoms with E-state index < -0.39 is 0 Å². The van der Waals surface area contributed by atoms with Crippen LogP contribution < -0.4 is 4.90 Å². The van der Waals surface area contributed by atoms with Crippen LogP contribution in [0.3, 0.4) is 0 Å². The predicted octanol–water partition coefficient (Wildman–Crippen LogP) is 4.70. The van der Waals surface area contributed by atoms with Gasteiger partial charge in [0.15, 0.2) is 0 Å². The zero-order valence-electron chi connectivity index (χ0n) is 12.2. The Morgan fingerprint density at radius 2 is 2.24 bits per heavy atom. The highest BCUT2D eigenvalue weighted by atomic mass is 35.5. The SMILES string of the molecule is C=CC=CCc1sc2ccc(N(C)C(=O)CCl)cc2c1C. The van der Waals surface area contributed by atoms with Crippen LogP contribution in [-0.2, 0) is 11.2 Å². The smallest absolute Gasteiger partial charge is 0.241 e. The van der Waals surface area contributed by atoms with Gasteiger partial charge in [-0.05, 0) is 36.1 Å². The number of allylic oxidation sites excluding steroid dienone is 3. The molecule has 0 spiro atoms. The monoisotopic (exact) mass is 319 g/mol. The third-order valence-electron chi connectivity index (χ3n) is 3.47. The Labute approximate surface area is 134 Å². The molecule has 1 aromatic heterocycles. The maximum atomic E-state index is 11.7. The van der Waals surface area contributed by atoms with Crippen LogP contribution in [0.15, 0.2) is 43.0 Å². The van der Waals surface area contributed by atoms with E-state index in [-0.39, 0.29) is 11.8 Å². The lowest BCUT2D eigenvalue weighted by molar-refractivity contribution is -0.116. The van der Waals surface area contributed by atoms with Crippen molar-refractivity contribution in [2.45, 2.75) is 13.3 Å². The Bertz CT molecular complexity index is 702. The molecule has 2 nitrogen and oxygen atoms in total. The summed E-state index contributed by atoms with van der Waals surface area (Å²) in [5.74, 6) is -0.104. The Kier molecular flexibility index (Phi) is 5.21. The van der Waals surface area contributed by atoms with Crippen LogP contribution in [0.4, 0.5) is 5.69 Å². The lowest BCUT2D eigenvalue weighted by atomic mass is 10.1. The van der Waals surface area contributed by atoms with Gasteiger partial charge < -0.3 is 4.90 Å². The highest BCUT2D eigenvalue weighted by Gasteiger charge is 2.13. The van der Waals surface area contributed by atoms with Crippen LogP contribution in [0.2, 0.25) is 0 Å². The Morgan fingerprint density at radius 3 is 2.90 bits per heavy atom. The van der Waals surface area contributed by atoms with Crippen LogP contribution in [0, 0.1) is 6.92 Å². The first-order valence-electron chi connectivity index (χ1n) is 6.70. The average Bonchev–Trinajstić information content (AvgIpc) is 2.82. The van der Waals surface area contributed by atoms with Crippen molar-refractivity contribution in [3.05, 3.63) is 53.4 Å². The molecule has 2 aromatic rings. The molecule has 1 amide bonds. The first-order chi connectivity index (χ1) is 10.1. The molecule has 0 aliphatic heterocycles. The molecule has 0 saturated carbocycles. The van der Waals surface area contributed by atoms with E-state index in [2.05, 4.69) is 31.7 Å². The van der Waals surface area contributed by atoms with Crippen molar-refractivity contribution in [3.8, 4) is 0 Å². The fraction of sp³-hybridized carbons (Fsp3) is 0.235. The number of hydrogen-bond acceptors (Lipinski definition) is 2. The van der Waals surface area contributed by atoms with Gasteiger partial charge in [0, 0.05) is 28.7 Å². The van der Waals surface area contributed by atoms with Crippen LogP contribution in [0.1, 0.15) is 10.4 Å². The first-order valence-corrected chi connectivity index (χ1v) is 8.05. The molecule has 0 aliphatic rings. The third-order valence-corrected chi connectivity index (χ3v) is 4.99. The number of halogens is 1. The highest BCUT2D eigenvalue weighted by Crippen LogP contribution is 2.34. The number of aryl methyl sites for hydroxylation is 1. The molecule has 21 heavy (non-hydrogen) atoms. The van der Waals surface area contributed by atoms with E-state index in [1.54, 1.807) is 29.4 Å². The highest BCUT2D eigenvalue weighted by molar-refractivity contribution is 7.19. The van der Waals surface area contributed by atoms with Crippen LogP contribution in [0.5, 0.6) is 0 Å². The molecule has 2 rings (SSSR count). The first kappa shape index (κ1) is 15.8. The summed E-state index contributed by atoms with van der Waals surface area (Å²) in [6.45, 7) is 5.81. The number of amides is 1. The van der Waals surface area contributed by atoms with Crippen LogP contribution >= 0.6 is 22.9 Å². The van der Waals surface area contributed by atoms with Gasteiger partial charge in [0.2, 0.25) is 5.91 Å². The molecule has 0 N–H and O–H groups in total. The normalized spacial score (nSPS) is 11.2. The van der Waals surface area contributed by atoms with E-state index in [0.717, 1.165) is 12.1 Å².